The molecule has 0 saturated heterocycles. The van der Waals surface area contributed by atoms with Gasteiger partial charge in [-0.25, -0.2) is 0 Å². The average Bonchev–Trinajstić information content (AvgIpc) is 2.51. The SMILES string of the molecule is CC(C)CC1(C)NCCc2ccoc21. The average molecular weight is 193 g/mol. The van der Waals surface area contributed by atoms with E-state index in [0.717, 1.165) is 25.1 Å². The maximum absolute atomic E-state index is 5.61. The van der Waals surface area contributed by atoms with Crippen LogP contribution in [0.5, 0.6) is 0 Å². The van der Waals surface area contributed by atoms with E-state index in [2.05, 4.69) is 32.2 Å². The maximum atomic E-state index is 5.61. The molecule has 2 rings (SSSR count). The van der Waals surface area contributed by atoms with E-state index in [1.54, 1.807) is 0 Å². The Balaban J connectivity index is 2.30. The van der Waals surface area contributed by atoms with E-state index < -0.39 is 0 Å². The molecule has 1 unspecified atom stereocenters. The quantitative estimate of drug-likeness (QED) is 0.781. The highest BCUT2D eigenvalue weighted by Crippen LogP contribution is 2.34. The van der Waals surface area contributed by atoms with Gasteiger partial charge in [-0.3, -0.25) is 0 Å². The van der Waals surface area contributed by atoms with Crippen molar-refractivity contribution in [3.8, 4) is 0 Å². The van der Waals surface area contributed by atoms with Crippen LogP contribution in [0.25, 0.3) is 0 Å². The molecule has 0 aliphatic carbocycles. The largest absolute Gasteiger partial charge is 0.467 e. The Morgan fingerprint density at radius 1 is 1.57 bits per heavy atom. The van der Waals surface area contributed by atoms with E-state index in [0.29, 0.717) is 5.92 Å². The van der Waals surface area contributed by atoms with Crippen molar-refractivity contribution >= 4 is 0 Å². The third kappa shape index (κ3) is 1.59. The predicted molar refractivity (Wildman–Crippen MR) is 57.2 cm³/mol. The standard InChI is InChI=1S/C12H19NO/c1-9(2)8-12(3)11-10(4-6-13-12)5-7-14-11/h5,7,9,13H,4,6,8H2,1-3H3. The lowest BCUT2D eigenvalue weighted by atomic mass is 9.83. The van der Waals surface area contributed by atoms with Crippen molar-refractivity contribution in [3.63, 3.8) is 0 Å². The first kappa shape index (κ1) is 9.78. The number of nitrogens with one attached hydrogen (secondary N) is 1. The van der Waals surface area contributed by atoms with Gasteiger partial charge in [0.1, 0.15) is 5.76 Å². The van der Waals surface area contributed by atoms with Crippen molar-refractivity contribution in [2.45, 2.75) is 39.2 Å². The van der Waals surface area contributed by atoms with Crippen LogP contribution >= 0.6 is 0 Å². The smallest absolute Gasteiger partial charge is 0.126 e. The van der Waals surface area contributed by atoms with Gasteiger partial charge < -0.3 is 9.73 Å². The van der Waals surface area contributed by atoms with E-state index >= 15 is 0 Å². The molecule has 1 aliphatic rings. The Kier molecular flexibility index (Phi) is 2.40. The van der Waals surface area contributed by atoms with Crippen molar-refractivity contribution in [2.75, 3.05) is 6.54 Å². The fourth-order valence-corrected chi connectivity index (χ4v) is 2.55. The molecule has 1 aromatic rings. The van der Waals surface area contributed by atoms with E-state index in [1.807, 2.05) is 6.26 Å². The minimum absolute atomic E-state index is 0.0469. The summed E-state index contributed by atoms with van der Waals surface area (Å²) in [7, 11) is 0. The van der Waals surface area contributed by atoms with Gasteiger partial charge in [0.15, 0.2) is 0 Å². The summed E-state index contributed by atoms with van der Waals surface area (Å²) in [4.78, 5) is 0. The van der Waals surface area contributed by atoms with Gasteiger partial charge in [-0.1, -0.05) is 13.8 Å². The van der Waals surface area contributed by atoms with Crippen molar-refractivity contribution in [1.29, 1.82) is 0 Å². The Hall–Kier alpha value is -0.760. The summed E-state index contributed by atoms with van der Waals surface area (Å²) in [6.45, 7) is 7.82. The number of furan rings is 1. The molecular weight excluding hydrogens is 174 g/mol. The molecule has 14 heavy (non-hydrogen) atoms. The second kappa shape index (κ2) is 3.43. The molecule has 2 nitrogen and oxygen atoms in total. The molecule has 0 radical (unpaired) electrons. The van der Waals surface area contributed by atoms with E-state index in [1.165, 1.54) is 5.56 Å². The van der Waals surface area contributed by atoms with Crippen LogP contribution in [0.1, 0.15) is 38.5 Å². The lowest BCUT2D eigenvalue weighted by Crippen LogP contribution is -2.45. The molecule has 1 atom stereocenters. The Bertz CT molecular complexity index is 316. The molecule has 2 heterocycles. The lowest BCUT2D eigenvalue weighted by molar-refractivity contribution is 0.233. The van der Waals surface area contributed by atoms with E-state index in [-0.39, 0.29) is 5.54 Å². The zero-order valence-corrected chi connectivity index (χ0v) is 9.26. The Morgan fingerprint density at radius 2 is 2.36 bits per heavy atom. The van der Waals surface area contributed by atoms with Crippen LogP contribution < -0.4 is 5.32 Å². The molecule has 0 saturated carbocycles. The first-order chi connectivity index (χ1) is 6.62. The fourth-order valence-electron chi connectivity index (χ4n) is 2.55. The second-order valence-corrected chi connectivity index (χ2v) is 4.88. The van der Waals surface area contributed by atoms with Crippen LogP contribution in [0.4, 0.5) is 0 Å². The van der Waals surface area contributed by atoms with Crippen LogP contribution in [-0.4, -0.2) is 6.54 Å². The van der Waals surface area contributed by atoms with Crippen LogP contribution in [0.2, 0.25) is 0 Å². The molecule has 78 valence electrons. The molecule has 0 spiro atoms. The minimum atomic E-state index is 0.0469. The summed E-state index contributed by atoms with van der Waals surface area (Å²) >= 11 is 0. The molecule has 0 aromatic carbocycles. The third-order valence-corrected chi connectivity index (χ3v) is 2.97. The van der Waals surface area contributed by atoms with E-state index in [9.17, 15) is 0 Å². The highest BCUT2D eigenvalue weighted by molar-refractivity contribution is 5.27. The van der Waals surface area contributed by atoms with Gasteiger partial charge >= 0.3 is 0 Å². The molecule has 1 N–H and O–H groups in total. The van der Waals surface area contributed by atoms with Gasteiger partial charge in [0.25, 0.3) is 0 Å². The van der Waals surface area contributed by atoms with E-state index in [4.69, 9.17) is 4.42 Å². The van der Waals surface area contributed by atoms with Crippen molar-refractivity contribution < 1.29 is 4.42 Å². The first-order valence-electron chi connectivity index (χ1n) is 5.44. The van der Waals surface area contributed by atoms with Gasteiger partial charge in [-0.15, -0.1) is 0 Å². The molecular formula is C12H19NO. The molecule has 0 fully saturated rings. The number of fused-ring (bicyclic) bond motifs is 1. The Labute approximate surface area is 85.7 Å². The Morgan fingerprint density at radius 3 is 3.07 bits per heavy atom. The monoisotopic (exact) mass is 193 g/mol. The molecule has 1 aromatic heterocycles. The predicted octanol–water partition coefficient (Wildman–Crippen LogP) is 2.69. The van der Waals surface area contributed by atoms with Crippen molar-refractivity contribution in [1.82, 2.24) is 5.32 Å². The number of hydrogen-bond donors (Lipinski definition) is 1. The van der Waals surface area contributed by atoms with Crippen LogP contribution in [0.15, 0.2) is 16.7 Å². The normalized spacial score (nSPS) is 26.6. The molecule has 0 amide bonds. The molecule has 1 aliphatic heterocycles. The topological polar surface area (TPSA) is 25.2 Å². The summed E-state index contributed by atoms with van der Waals surface area (Å²) in [6.07, 6.45) is 4.04. The summed E-state index contributed by atoms with van der Waals surface area (Å²) in [5, 5.41) is 3.58. The van der Waals surface area contributed by atoms with Crippen molar-refractivity contribution in [3.05, 3.63) is 23.7 Å². The van der Waals surface area contributed by atoms with Gasteiger partial charge in [0.05, 0.1) is 11.8 Å². The highest BCUT2D eigenvalue weighted by Gasteiger charge is 2.34. The zero-order valence-electron chi connectivity index (χ0n) is 9.26. The summed E-state index contributed by atoms with van der Waals surface area (Å²) in [5.74, 6) is 1.83. The minimum Gasteiger partial charge on any atom is -0.467 e. The van der Waals surface area contributed by atoms with Crippen LogP contribution in [-0.2, 0) is 12.0 Å². The fraction of sp³-hybridized carbons (Fsp3) is 0.667. The number of hydrogen-bond acceptors (Lipinski definition) is 2. The zero-order chi connectivity index (χ0) is 10.2. The summed E-state index contributed by atoms with van der Waals surface area (Å²) < 4.78 is 5.61. The first-order valence-corrected chi connectivity index (χ1v) is 5.44. The molecule has 2 heteroatoms. The van der Waals surface area contributed by atoms with Crippen LogP contribution in [0, 0.1) is 5.92 Å². The van der Waals surface area contributed by atoms with Gasteiger partial charge in [0, 0.05) is 6.54 Å². The highest BCUT2D eigenvalue weighted by atomic mass is 16.3. The summed E-state index contributed by atoms with van der Waals surface area (Å²) in [6, 6.07) is 2.11. The summed E-state index contributed by atoms with van der Waals surface area (Å²) in [5.41, 5.74) is 1.43. The van der Waals surface area contributed by atoms with Gasteiger partial charge in [-0.05, 0) is 37.3 Å². The second-order valence-electron chi connectivity index (χ2n) is 4.88. The van der Waals surface area contributed by atoms with Crippen molar-refractivity contribution in [2.24, 2.45) is 5.92 Å². The molecule has 0 bridgehead atoms. The number of rotatable bonds is 2. The van der Waals surface area contributed by atoms with Gasteiger partial charge in [-0.2, -0.15) is 0 Å². The third-order valence-electron chi connectivity index (χ3n) is 2.97. The lowest BCUT2D eigenvalue weighted by Gasteiger charge is -2.35. The van der Waals surface area contributed by atoms with Gasteiger partial charge in [0.2, 0.25) is 0 Å². The van der Waals surface area contributed by atoms with Crippen LogP contribution in [0.3, 0.4) is 0 Å². The maximum Gasteiger partial charge on any atom is 0.126 e.